The van der Waals surface area contributed by atoms with Gasteiger partial charge in [-0.25, -0.2) is 12.8 Å². The van der Waals surface area contributed by atoms with Crippen LogP contribution in [0.4, 0.5) is 10.1 Å². The zero-order valence-corrected chi connectivity index (χ0v) is 21.5. The number of anilines is 1. The Bertz CT molecular complexity index is 1080. The van der Waals surface area contributed by atoms with Gasteiger partial charge in [0.25, 0.3) is 0 Å². The van der Waals surface area contributed by atoms with E-state index in [4.69, 9.17) is 26.8 Å². The van der Waals surface area contributed by atoms with Crippen LogP contribution in [0.15, 0.2) is 36.4 Å². The molecule has 2 aromatic rings. The maximum absolute atomic E-state index is 14.2. The molecule has 4 N–H and O–H groups in total. The number of sulfonamides is 1. The van der Waals surface area contributed by atoms with E-state index in [0.29, 0.717) is 24.4 Å². The highest BCUT2D eigenvalue weighted by Crippen LogP contribution is 2.36. The fraction of sp³-hybridized carbons (Fsp3) is 0.500. The Balaban J connectivity index is 1.95. The minimum absolute atomic E-state index is 0.0932. The molecule has 2 aromatic carbocycles. The average molecular weight is 530 g/mol. The van der Waals surface area contributed by atoms with Crippen molar-refractivity contribution >= 4 is 27.3 Å². The van der Waals surface area contributed by atoms with E-state index in [2.05, 4.69) is 5.32 Å². The summed E-state index contributed by atoms with van der Waals surface area (Å²) in [5, 5.41) is 12.1. The molecular weight excluding hydrogens is 497 g/mol. The summed E-state index contributed by atoms with van der Waals surface area (Å²) in [5.74, 6) is -0.394. The van der Waals surface area contributed by atoms with Crippen LogP contribution in [0.3, 0.4) is 0 Å². The first kappa shape index (κ1) is 27.6. The van der Waals surface area contributed by atoms with Gasteiger partial charge in [0, 0.05) is 43.9 Å². The van der Waals surface area contributed by atoms with E-state index in [1.165, 1.54) is 16.4 Å². The monoisotopic (exact) mass is 529 g/mol. The largest absolute Gasteiger partial charge is 0.489 e. The molecular formula is C24H33ClFN3O5S. The zero-order valence-electron chi connectivity index (χ0n) is 19.9. The second-order valence-corrected chi connectivity index (χ2v) is 10.9. The molecule has 35 heavy (non-hydrogen) atoms. The Labute approximate surface area is 211 Å². The van der Waals surface area contributed by atoms with E-state index in [9.17, 15) is 17.9 Å². The average Bonchev–Trinajstić information content (AvgIpc) is 2.83. The van der Waals surface area contributed by atoms with Gasteiger partial charge in [-0.3, -0.25) is 4.31 Å². The molecule has 0 fully saturated rings. The van der Waals surface area contributed by atoms with Crippen molar-refractivity contribution in [2.75, 3.05) is 37.2 Å². The summed E-state index contributed by atoms with van der Waals surface area (Å²) in [6.07, 6.45) is -0.531. The van der Waals surface area contributed by atoms with Gasteiger partial charge in [-0.15, -0.1) is 0 Å². The molecule has 8 nitrogen and oxygen atoms in total. The van der Waals surface area contributed by atoms with E-state index in [1.807, 2.05) is 6.92 Å². The fourth-order valence-corrected chi connectivity index (χ4v) is 6.23. The number of rotatable bonds is 12. The van der Waals surface area contributed by atoms with Gasteiger partial charge >= 0.3 is 0 Å². The third-order valence-electron chi connectivity index (χ3n) is 5.97. The zero-order chi connectivity index (χ0) is 25.6. The molecule has 0 bridgehead atoms. The molecule has 0 saturated heterocycles. The SMILES string of the molecule is CCNCC(C(N)OCC)S(=O)(=O)N1CC(CO)Cc2ccc(OCc3c(F)cccc3Cl)cc21. The molecule has 0 aromatic heterocycles. The van der Waals surface area contributed by atoms with E-state index in [-0.39, 0.29) is 49.4 Å². The molecule has 194 valence electrons. The van der Waals surface area contributed by atoms with Crippen LogP contribution in [-0.2, 0) is 27.8 Å². The van der Waals surface area contributed by atoms with Crippen molar-refractivity contribution in [3.05, 3.63) is 58.4 Å². The number of ether oxygens (including phenoxy) is 2. The number of fused-ring (bicyclic) bond motifs is 1. The topological polar surface area (TPSA) is 114 Å². The van der Waals surface area contributed by atoms with E-state index in [0.717, 1.165) is 5.56 Å². The Kier molecular flexibility index (Phi) is 9.74. The number of benzene rings is 2. The van der Waals surface area contributed by atoms with Gasteiger partial charge in [0.1, 0.15) is 29.7 Å². The number of halogens is 2. The lowest BCUT2D eigenvalue weighted by molar-refractivity contribution is 0.0640. The maximum Gasteiger partial charge on any atom is 0.243 e. The van der Waals surface area contributed by atoms with Crippen LogP contribution in [-0.4, -0.2) is 57.9 Å². The lowest BCUT2D eigenvalue weighted by Gasteiger charge is -2.38. The summed E-state index contributed by atoms with van der Waals surface area (Å²) < 4.78 is 54.4. The molecule has 0 amide bonds. The van der Waals surface area contributed by atoms with Crippen LogP contribution in [0, 0.1) is 11.7 Å². The van der Waals surface area contributed by atoms with Gasteiger partial charge in [0.2, 0.25) is 10.0 Å². The second kappa shape index (κ2) is 12.3. The molecule has 1 aliphatic heterocycles. The molecule has 3 atom stereocenters. The molecule has 0 radical (unpaired) electrons. The van der Waals surface area contributed by atoms with Gasteiger partial charge in [-0.05, 0) is 43.7 Å². The number of nitrogens with zero attached hydrogens (tertiary/aromatic N) is 1. The predicted octanol–water partition coefficient (Wildman–Crippen LogP) is 2.66. The summed E-state index contributed by atoms with van der Waals surface area (Å²) >= 11 is 6.10. The standard InChI is InChI=1S/C24H33ClFN3O5S/c1-3-28-12-23(24(27)33-4-2)35(31,32)29-13-16(14-30)10-17-8-9-18(11-22(17)29)34-15-19-20(25)6-5-7-21(19)26/h5-9,11,16,23-24,28,30H,3-4,10,12-15,27H2,1-2H3. The summed E-state index contributed by atoms with van der Waals surface area (Å²) in [6, 6.07) is 9.46. The maximum atomic E-state index is 14.2. The van der Waals surface area contributed by atoms with Crippen molar-refractivity contribution in [1.29, 1.82) is 0 Å². The summed E-state index contributed by atoms with van der Waals surface area (Å²) in [6.45, 7) is 4.38. The van der Waals surface area contributed by atoms with Crippen molar-refractivity contribution in [3.63, 3.8) is 0 Å². The molecule has 1 heterocycles. The van der Waals surface area contributed by atoms with Crippen LogP contribution in [0.2, 0.25) is 5.02 Å². The van der Waals surface area contributed by atoms with Crippen molar-refractivity contribution in [2.24, 2.45) is 11.7 Å². The molecule has 3 rings (SSSR count). The summed E-state index contributed by atoms with van der Waals surface area (Å²) in [4.78, 5) is 0. The van der Waals surface area contributed by atoms with Crippen LogP contribution in [0.5, 0.6) is 5.75 Å². The molecule has 11 heteroatoms. The van der Waals surface area contributed by atoms with Crippen molar-refractivity contribution in [3.8, 4) is 5.75 Å². The summed E-state index contributed by atoms with van der Waals surface area (Å²) in [5.41, 5.74) is 7.54. The molecule has 1 aliphatic rings. The lowest BCUT2D eigenvalue weighted by atomic mass is 9.94. The first-order valence-corrected chi connectivity index (χ1v) is 13.5. The summed E-state index contributed by atoms with van der Waals surface area (Å²) in [7, 11) is -4.00. The minimum Gasteiger partial charge on any atom is -0.489 e. The van der Waals surface area contributed by atoms with Crippen molar-refractivity contribution in [1.82, 2.24) is 5.32 Å². The fourth-order valence-electron chi connectivity index (χ4n) is 4.08. The molecule has 0 saturated carbocycles. The first-order valence-electron chi connectivity index (χ1n) is 11.6. The van der Waals surface area contributed by atoms with Gasteiger partial charge < -0.3 is 25.6 Å². The first-order chi connectivity index (χ1) is 16.7. The van der Waals surface area contributed by atoms with Gasteiger partial charge in [-0.2, -0.15) is 0 Å². The Hall–Kier alpha value is -1.95. The van der Waals surface area contributed by atoms with Crippen LogP contribution >= 0.6 is 11.6 Å². The Morgan fingerprint density at radius 2 is 2.09 bits per heavy atom. The van der Waals surface area contributed by atoms with Crippen molar-refractivity contribution < 1.29 is 27.4 Å². The Morgan fingerprint density at radius 3 is 2.74 bits per heavy atom. The molecule has 0 aliphatic carbocycles. The predicted molar refractivity (Wildman–Crippen MR) is 135 cm³/mol. The highest BCUT2D eigenvalue weighted by atomic mass is 35.5. The van der Waals surface area contributed by atoms with Gasteiger partial charge in [0.05, 0.1) is 10.7 Å². The van der Waals surface area contributed by atoms with Crippen LogP contribution in [0.1, 0.15) is 25.0 Å². The van der Waals surface area contributed by atoms with E-state index in [1.54, 1.807) is 31.2 Å². The lowest BCUT2D eigenvalue weighted by Crippen LogP contribution is -2.55. The number of hydrogen-bond donors (Lipinski definition) is 3. The number of nitrogens with one attached hydrogen (secondary N) is 1. The number of aliphatic hydroxyl groups is 1. The van der Waals surface area contributed by atoms with E-state index >= 15 is 0 Å². The van der Waals surface area contributed by atoms with Crippen LogP contribution < -0.4 is 20.1 Å². The molecule has 0 spiro atoms. The minimum atomic E-state index is -4.00. The smallest absolute Gasteiger partial charge is 0.243 e. The third-order valence-corrected chi connectivity index (χ3v) is 8.49. The Morgan fingerprint density at radius 1 is 1.31 bits per heavy atom. The number of aliphatic hydroxyl groups excluding tert-OH is 1. The van der Waals surface area contributed by atoms with Gasteiger partial charge in [-0.1, -0.05) is 30.7 Å². The highest BCUT2D eigenvalue weighted by molar-refractivity contribution is 7.93. The van der Waals surface area contributed by atoms with Crippen LogP contribution in [0.25, 0.3) is 0 Å². The number of nitrogens with two attached hydrogens (primary N) is 1. The highest BCUT2D eigenvalue weighted by Gasteiger charge is 2.40. The normalized spacial score (nSPS) is 17.7. The third kappa shape index (κ3) is 6.44. The van der Waals surface area contributed by atoms with Crippen molar-refractivity contribution in [2.45, 2.75) is 38.4 Å². The number of hydrogen-bond acceptors (Lipinski definition) is 7. The van der Waals surface area contributed by atoms with Gasteiger partial charge in [0.15, 0.2) is 0 Å². The quantitative estimate of drug-likeness (QED) is 0.362. The second-order valence-electron chi connectivity index (χ2n) is 8.37. The molecule has 3 unspecified atom stereocenters. The van der Waals surface area contributed by atoms with E-state index < -0.39 is 27.3 Å².